The Morgan fingerprint density at radius 3 is 3.06 bits per heavy atom. The van der Waals surface area contributed by atoms with Gasteiger partial charge >= 0.3 is 0 Å². The number of hydrogen-bond donors (Lipinski definition) is 1. The van der Waals surface area contributed by atoms with Gasteiger partial charge in [-0.1, -0.05) is 6.42 Å². The Morgan fingerprint density at radius 1 is 1.35 bits per heavy atom. The molecule has 1 saturated heterocycles. The number of imidazole rings is 1. The van der Waals surface area contributed by atoms with E-state index in [2.05, 4.69) is 23.0 Å². The molecule has 1 aromatic heterocycles. The molecule has 1 N–H and O–H groups in total. The van der Waals surface area contributed by atoms with E-state index in [-0.39, 0.29) is 0 Å². The summed E-state index contributed by atoms with van der Waals surface area (Å²) in [5.74, 6) is 1.31. The third-order valence-electron chi connectivity index (χ3n) is 4.22. The average molecular weight is 233 g/mol. The van der Waals surface area contributed by atoms with Gasteiger partial charge in [0.1, 0.15) is 5.82 Å². The molecule has 3 heteroatoms. The van der Waals surface area contributed by atoms with Crippen molar-refractivity contribution in [3.8, 4) is 0 Å². The molecule has 3 heterocycles. The standard InChI is InChI=1S/C14H23N3/c1-11-5-4-7-14-16-13(10-17(11)14)9-12-6-2-3-8-15-12/h10-12,15H,2-9H2,1H3. The lowest BCUT2D eigenvalue weighted by Gasteiger charge is -2.22. The van der Waals surface area contributed by atoms with Crippen LogP contribution in [0.4, 0.5) is 0 Å². The Kier molecular flexibility index (Phi) is 3.19. The molecule has 0 aliphatic carbocycles. The molecule has 2 atom stereocenters. The zero-order valence-corrected chi connectivity index (χ0v) is 10.8. The summed E-state index contributed by atoms with van der Waals surface area (Å²) in [6.07, 6.45) is 11.2. The second-order valence-electron chi connectivity index (χ2n) is 5.65. The molecule has 1 aromatic rings. The van der Waals surface area contributed by atoms with Crippen LogP contribution in [-0.2, 0) is 12.8 Å². The first-order valence-corrected chi connectivity index (χ1v) is 7.13. The molecule has 2 unspecified atom stereocenters. The molecule has 0 spiro atoms. The van der Waals surface area contributed by atoms with E-state index in [1.165, 1.54) is 56.6 Å². The molecule has 2 aliphatic rings. The maximum atomic E-state index is 4.82. The van der Waals surface area contributed by atoms with Crippen LogP contribution in [0.3, 0.4) is 0 Å². The van der Waals surface area contributed by atoms with Crippen molar-refractivity contribution >= 4 is 0 Å². The summed E-state index contributed by atoms with van der Waals surface area (Å²) >= 11 is 0. The fourth-order valence-corrected chi connectivity index (χ4v) is 3.20. The largest absolute Gasteiger partial charge is 0.332 e. The molecule has 2 aliphatic heterocycles. The van der Waals surface area contributed by atoms with Gasteiger partial charge < -0.3 is 9.88 Å². The highest BCUT2D eigenvalue weighted by atomic mass is 15.1. The van der Waals surface area contributed by atoms with Crippen LogP contribution in [0.2, 0.25) is 0 Å². The molecule has 0 radical (unpaired) electrons. The Morgan fingerprint density at radius 2 is 2.29 bits per heavy atom. The molecule has 1 fully saturated rings. The van der Waals surface area contributed by atoms with Crippen LogP contribution in [0.1, 0.15) is 56.6 Å². The van der Waals surface area contributed by atoms with Crippen LogP contribution in [0.15, 0.2) is 6.20 Å². The molecule has 3 nitrogen and oxygen atoms in total. The minimum Gasteiger partial charge on any atom is -0.332 e. The molecular formula is C14H23N3. The zero-order valence-electron chi connectivity index (χ0n) is 10.8. The molecule has 3 rings (SSSR count). The second kappa shape index (κ2) is 4.81. The fraction of sp³-hybridized carbons (Fsp3) is 0.786. The van der Waals surface area contributed by atoms with Crippen LogP contribution in [0.25, 0.3) is 0 Å². The number of rotatable bonds is 2. The van der Waals surface area contributed by atoms with Crippen LogP contribution < -0.4 is 5.32 Å². The number of piperidine rings is 1. The molecule has 0 aromatic carbocycles. The molecule has 17 heavy (non-hydrogen) atoms. The normalized spacial score (nSPS) is 29.0. The Balaban J connectivity index is 1.71. The van der Waals surface area contributed by atoms with Crippen LogP contribution >= 0.6 is 0 Å². The van der Waals surface area contributed by atoms with Gasteiger partial charge in [0.25, 0.3) is 0 Å². The van der Waals surface area contributed by atoms with E-state index in [4.69, 9.17) is 4.98 Å². The number of hydrogen-bond acceptors (Lipinski definition) is 2. The van der Waals surface area contributed by atoms with Crippen LogP contribution in [-0.4, -0.2) is 22.1 Å². The van der Waals surface area contributed by atoms with Crippen LogP contribution in [0, 0.1) is 0 Å². The third-order valence-corrected chi connectivity index (χ3v) is 4.22. The van der Waals surface area contributed by atoms with Gasteiger partial charge in [0.05, 0.1) is 5.69 Å². The predicted octanol–water partition coefficient (Wildman–Crippen LogP) is 2.46. The summed E-state index contributed by atoms with van der Waals surface area (Å²) in [5, 5.41) is 3.61. The molecule has 94 valence electrons. The maximum Gasteiger partial charge on any atom is 0.109 e. The number of nitrogens with zero attached hydrogens (tertiary/aromatic N) is 2. The quantitative estimate of drug-likeness (QED) is 0.850. The summed E-state index contributed by atoms with van der Waals surface area (Å²) in [6, 6.07) is 1.32. The van der Waals surface area contributed by atoms with E-state index in [0.29, 0.717) is 12.1 Å². The topological polar surface area (TPSA) is 29.9 Å². The van der Waals surface area contributed by atoms with Crippen molar-refractivity contribution in [3.05, 3.63) is 17.7 Å². The summed E-state index contributed by atoms with van der Waals surface area (Å²) in [5.41, 5.74) is 1.30. The summed E-state index contributed by atoms with van der Waals surface area (Å²) in [4.78, 5) is 4.82. The van der Waals surface area contributed by atoms with Gasteiger partial charge in [-0.25, -0.2) is 4.98 Å². The maximum absolute atomic E-state index is 4.82. The average Bonchev–Trinajstić information content (AvgIpc) is 2.74. The molecule has 0 bridgehead atoms. The summed E-state index contributed by atoms with van der Waals surface area (Å²) < 4.78 is 2.40. The summed E-state index contributed by atoms with van der Waals surface area (Å²) in [7, 11) is 0. The highest BCUT2D eigenvalue weighted by Crippen LogP contribution is 2.25. The zero-order chi connectivity index (χ0) is 11.7. The van der Waals surface area contributed by atoms with E-state index < -0.39 is 0 Å². The number of nitrogens with one attached hydrogen (secondary N) is 1. The van der Waals surface area contributed by atoms with Gasteiger partial charge in [-0.3, -0.25) is 0 Å². The lowest BCUT2D eigenvalue weighted by molar-refractivity contribution is 0.397. The smallest absolute Gasteiger partial charge is 0.109 e. The lowest BCUT2D eigenvalue weighted by atomic mass is 10.0. The van der Waals surface area contributed by atoms with Crippen LogP contribution in [0.5, 0.6) is 0 Å². The number of fused-ring (bicyclic) bond motifs is 1. The Hall–Kier alpha value is -0.830. The van der Waals surface area contributed by atoms with Gasteiger partial charge in [0.15, 0.2) is 0 Å². The Labute approximate surface area is 104 Å². The second-order valence-corrected chi connectivity index (χ2v) is 5.65. The van der Waals surface area contributed by atoms with Crippen molar-refractivity contribution in [2.24, 2.45) is 0 Å². The molecular weight excluding hydrogens is 210 g/mol. The lowest BCUT2D eigenvalue weighted by Crippen LogP contribution is -2.35. The minimum absolute atomic E-state index is 0.652. The Bertz CT molecular complexity index is 377. The fourth-order valence-electron chi connectivity index (χ4n) is 3.20. The van der Waals surface area contributed by atoms with Crippen molar-refractivity contribution in [1.29, 1.82) is 0 Å². The van der Waals surface area contributed by atoms with Crippen molar-refractivity contribution in [2.45, 2.75) is 64.0 Å². The SMILES string of the molecule is CC1CCCc2nc(CC3CCCCN3)cn21. The highest BCUT2D eigenvalue weighted by Gasteiger charge is 2.20. The van der Waals surface area contributed by atoms with Gasteiger partial charge in [-0.2, -0.15) is 0 Å². The number of aromatic nitrogens is 2. The van der Waals surface area contributed by atoms with Crippen molar-refractivity contribution in [3.63, 3.8) is 0 Å². The molecule has 0 saturated carbocycles. The van der Waals surface area contributed by atoms with E-state index in [9.17, 15) is 0 Å². The number of aryl methyl sites for hydroxylation is 1. The first-order valence-electron chi connectivity index (χ1n) is 7.13. The predicted molar refractivity (Wildman–Crippen MR) is 69.2 cm³/mol. The van der Waals surface area contributed by atoms with Crippen molar-refractivity contribution < 1.29 is 0 Å². The molecule has 0 amide bonds. The first-order chi connectivity index (χ1) is 8.33. The van der Waals surface area contributed by atoms with Gasteiger partial charge in [0, 0.05) is 31.1 Å². The first kappa shape index (κ1) is 11.3. The minimum atomic E-state index is 0.652. The van der Waals surface area contributed by atoms with Crippen molar-refractivity contribution in [2.75, 3.05) is 6.54 Å². The van der Waals surface area contributed by atoms with Crippen molar-refractivity contribution in [1.82, 2.24) is 14.9 Å². The van der Waals surface area contributed by atoms with E-state index >= 15 is 0 Å². The van der Waals surface area contributed by atoms with E-state index in [0.717, 1.165) is 6.42 Å². The highest BCUT2D eigenvalue weighted by molar-refractivity contribution is 5.09. The van der Waals surface area contributed by atoms with E-state index in [1.54, 1.807) is 0 Å². The third kappa shape index (κ3) is 2.39. The van der Waals surface area contributed by atoms with Gasteiger partial charge in [-0.15, -0.1) is 0 Å². The van der Waals surface area contributed by atoms with Gasteiger partial charge in [0.2, 0.25) is 0 Å². The van der Waals surface area contributed by atoms with Gasteiger partial charge in [-0.05, 0) is 39.2 Å². The summed E-state index contributed by atoms with van der Waals surface area (Å²) in [6.45, 7) is 3.50. The van der Waals surface area contributed by atoms with E-state index in [1.807, 2.05) is 0 Å². The monoisotopic (exact) mass is 233 g/mol.